The van der Waals surface area contributed by atoms with Crippen molar-refractivity contribution in [3.8, 4) is 16.9 Å². The minimum absolute atomic E-state index is 0.208. The lowest BCUT2D eigenvalue weighted by atomic mass is 10.1. The quantitative estimate of drug-likeness (QED) is 0.725. The summed E-state index contributed by atoms with van der Waals surface area (Å²) in [5, 5.41) is 0. The number of Topliss-reactive ketones (excluding diaryl/α,β-unsaturated/α-hetero) is 1. The highest BCUT2D eigenvalue weighted by Crippen LogP contribution is 2.29. The Morgan fingerprint density at radius 1 is 1.00 bits per heavy atom. The SMILES string of the molecule is CC(=O)CCCOc1ccccc1-c1ccccc1. The van der Waals surface area contributed by atoms with E-state index in [9.17, 15) is 4.79 Å². The number of hydrogen-bond donors (Lipinski definition) is 0. The van der Waals surface area contributed by atoms with Crippen molar-refractivity contribution in [1.29, 1.82) is 0 Å². The molecule has 0 aliphatic heterocycles. The van der Waals surface area contributed by atoms with E-state index >= 15 is 0 Å². The second-order valence-electron chi connectivity index (χ2n) is 4.52. The van der Waals surface area contributed by atoms with Crippen LogP contribution in [0.1, 0.15) is 19.8 Å². The van der Waals surface area contributed by atoms with Gasteiger partial charge in [-0.25, -0.2) is 0 Å². The fourth-order valence-electron chi connectivity index (χ4n) is 1.95. The highest BCUT2D eigenvalue weighted by molar-refractivity contribution is 5.75. The van der Waals surface area contributed by atoms with Crippen molar-refractivity contribution in [3.05, 3.63) is 54.6 Å². The zero-order valence-electron chi connectivity index (χ0n) is 11.1. The number of rotatable bonds is 6. The van der Waals surface area contributed by atoms with Crippen LogP contribution >= 0.6 is 0 Å². The maximum atomic E-state index is 10.9. The second-order valence-corrected chi connectivity index (χ2v) is 4.52. The van der Waals surface area contributed by atoms with E-state index in [1.807, 2.05) is 36.4 Å². The summed E-state index contributed by atoms with van der Waals surface area (Å²) in [5.41, 5.74) is 2.23. The largest absolute Gasteiger partial charge is 0.493 e. The van der Waals surface area contributed by atoms with Gasteiger partial charge in [-0.2, -0.15) is 0 Å². The van der Waals surface area contributed by atoms with Gasteiger partial charge in [0.05, 0.1) is 6.61 Å². The van der Waals surface area contributed by atoms with Crippen molar-refractivity contribution in [1.82, 2.24) is 0 Å². The minimum Gasteiger partial charge on any atom is -0.493 e. The molecule has 2 aromatic carbocycles. The van der Waals surface area contributed by atoms with Crippen molar-refractivity contribution in [2.75, 3.05) is 6.61 Å². The Bertz CT molecular complexity index is 532. The number of carbonyl (C=O) groups is 1. The first kappa shape index (κ1) is 13.3. The molecule has 0 aliphatic carbocycles. The third-order valence-electron chi connectivity index (χ3n) is 2.90. The van der Waals surface area contributed by atoms with E-state index in [1.165, 1.54) is 0 Å². The molecular formula is C17H18O2. The summed E-state index contributed by atoms with van der Waals surface area (Å²) >= 11 is 0. The van der Waals surface area contributed by atoms with E-state index in [0.29, 0.717) is 13.0 Å². The van der Waals surface area contributed by atoms with E-state index in [4.69, 9.17) is 4.74 Å². The Kier molecular flexibility index (Phi) is 4.73. The molecule has 2 heteroatoms. The average Bonchev–Trinajstić information content (AvgIpc) is 2.45. The summed E-state index contributed by atoms with van der Waals surface area (Å²) in [7, 11) is 0. The Labute approximate surface area is 114 Å². The summed E-state index contributed by atoms with van der Waals surface area (Å²) in [6, 6.07) is 18.2. The van der Waals surface area contributed by atoms with Crippen LogP contribution in [0.3, 0.4) is 0 Å². The van der Waals surface area contributed by atoms with Crippen molar-refractivity contribution in [2.24, 2.45) is 0 Å². The molecule has 0 heterocycles. The molecule has 0 fully saturated rings. The fourth-order valence-corrected chi connectivity index (χ4v) is 1.95. The van der Waals surface area contributed by atoms with Gasteiger partial charge < -0.3 is 9.53 Å². The van der Waals surface area contributed by atoms with Crippen LogP contribution in [-0.4, -0.2) is 12.4 Å². The molecular weight excluding hydrogens is 236 g/mol. The molecule has 0 unspecified atom stereocenters. The molecule has 0 aliphatic rings. The number of carbonyl (C=O) groups excluding carboxylic acids is 1. The van der Waals surface area contributed by atoms with Crippen molar-refractivity contribution < 1.29 is 9.53 Å². The molecule has 19 heavy (non-hydrogen) atoms. The van der Waals surface area contributed by atoms with Gasteiger partial charge in [-0.3, -0.25) is 0 Å². The van der Waals surface area contributed by atoms with E-state index < -0.39 is 0 Å². The van der Waals surface area contributed by atoms with Crippen LogP contribution in [0.2, 0.25) is 0 Å². The molecule has 0 saturated heterocycles. The standard InChI is InChI=1S/C17H18O2/c1-14(18)8-7-13-19-17-12-6-5-11-16(17)15-9-3-2-4-10-15/h2-6,9-12H,7-8,13H2,1H3. The zero-order chi connectivity index (χ0) is 13.5. The molecule has 2 nitrogen and oxygen atoms in total. The summed E-state index contributed by atoms with van der Waals surface area (Å²) in [4.78, 5) is 10.9. The van der Waals surface area contributed by atoms with Gasteiger partial charge >= 0.3 is 0 Å². The maximum absolute atomic E-state index is 10.9. The third-order valence-corrected chi connectivity index (χ3v) is 2.90. The minimum atomic E-state index is 0.208. The molecule has 0 spiro atoms. The van der Waals surface area contributed by atoms with Crippen LogP contribution in [0.5, 0.6) is 5.75 Å². The van der Waals surface area contributed by atoms with Gasteiger partial charge in [0.25, 0.3) is 0 Å². The number of hydrogen-bond acceptors (Lipinski definition) is 2. The highest BCUT2D eigenvalue weighted by Gasteiger charge is 2.05. The lowest BCUT2D eigenvalue weighted by molar-refractivity contribution is -0.117. The molecule has 0 atom stereocenters. The average molecular weight is 254 g/mol. The van der Waals surface area contributed by atoms with E-state index in [1.54, 1.807) is 6.92 Å². The van der Waals surface area contributed by atoms with Gasteiger partial charge in [-0.1, -0.05) is 48.5 Å². The van der Waals surface area contributed by atoms with Gasteiger partial charge in [0.15, 0.2) is 0 Å². The van der Waals surface area contributed by atoms with Crippen LogP contribution < -0.4 is 4.74 Å². The second kappa shape index (κ2) is 6.74. The lowest BCUT2D eigenvalue weighted by Crippen LogP contribution is -2.01. The predicted molar refractivity (Wildman–Crippen MR) is 77.3 cm³/mol. The van der Waals surface area contributed by atoms with Crippen LogP contribution in [0, 0.1) is 0 Å². The van der Waals surface area contributed by atoms with Crippen molar-refractivity contribution in [2.45, 2.75) is 19.8 Å². The molecule has 0 N–H and O–H groups in total. The Morgan fingerprint density at radius 2 is 1.68 bits per heavy atom. The monoisotopic (exact) mass is 254 g/mol. The molecule has 0 radical (unpaired) electrons. The molecule has 2 rings (SSSR count). The maximum Gasteiger partial charge on any atom is 0.129 e. The van der Waals surface area contributed by atoms with Crippen LogP contribution in [-0.2, 0) is 4.79 Å². The molecule has 98 valence electrons. The summed E-state index contributed by atoms with van der Waals surface area (Å²) in [5.74, 6) is 1.08. The van der Waals surface area contributed by atoms with E-state index in [-0.39, 0.29) is 5.78 Å². The normalized spacial score (nSPS) is 10.2. The Balaban J connectivity index is 2.07. The number of ketones is 1. The van der Waals surface area contributed by atoms with Crippen LogP contribution in [0.15, 0.2) is 54.6 Å². The summed E-state index contributed by atoms with van der Waals surface area (Å²) < 4.78 is 5.79. The van der Waals surface area contributed by atoms with Gasteiger partial charge in [0.1, 0.15) is 11.5 Å². The first-order chi connectivity index (χ1) is 9.27. The molecule has 0 aromatic heterocycles. The van der Waals surface area contributed by atoms with Crippen LogP contribution in [0.25, 0.3) is 11.1 Å². The molecule has 2 aromatic rings. The topological polar surface area (TPSA) is 26.3 Å². The first-order valence-corrected chi connectivity index (χ1v) is 6.54. The van der Waals surface area contributed by atoms with Gasteiger partial charge in [-0.05, 0) is 25.0 Å². The van der Waals surface area contributed by atoms with Gasteiger partial charge in [0, 0.05) is 12.0 Å². The number of ether oxygens (including phenoxy) is 1. The Hall–Kier alpha value is -2.09. The van der Waals surface area contributed by atoms with Crippen LogP contribution in [0.4, 0.5) is 0 Å². The zero-order valence-corrected chi connectivity index (χ0v) is 11.1. The first-order valence-electron chi connectivity index (χ1n) is 6.54. The summed E-state index contributed by atoms with van der Waals surface area (Å²) in [6.45, 7) is 2.18. The lowest BCUT2D eigenvalue weighted by Gasteiger charge is -2.11. The Morgan fingerprint density at radius 3 is 2.42 bits per heavy atom. The number of benzene rings is 2. The third kappa shape index (κ3) is 3.95. The van der Waals surface area contributed by atoms with E-state index in [2.05, 4.69) is 18.2 Å². The fraction of sp³-hybridized carbons (Fsp3) is 0.235. The summed E-state index contributed by atoms with van der Waals surface area (Å²) in [6.07, 6.45) is 1.34. The van der Waals surface area contributed by atoms with E-state index in [0.717, 1.165) is 23.3 Å². The number of para-hydroxylation sites is 1. The molecule has 0 amide bonds. The van der Waals surface area contributed by atoms with Gasteiger partial charge in [0.2, 0.25) is 0 Å². The highest BCUT2D eigenvalue weighted by atomic mass is 16.5. The van der Waals surface area contributed by atoms with Gasteiger partial charge in [-0.15, -0.1) is 0 Å². The molecule has 0 bridgehead atoms. The van der Waals surface area contributed by atoms with Crippen molar-refractivity contribution in [3.63, 3.8) is 0 Å². The van der Waals surface area contributed by atoms with Crippen molar-refractivity contribution >= 4 is 5.78 Å². The smallest absolute Gasteiger partial charge is 0.129 e. The molecule has 0 saturated carbocycles. The predicted octanol–water partition coefficient (Wildman–Crippen LogP) is 4.10.